The Hall–Kier alpha value is -2.06. The van der Waals surface area contributed by atoms with Crippen molar-refractivity contribution in [2.45, 2.75) is 11.8 Å². The minimum atomic E-state index is -1.06. The number of hydrogen-bond acceptors (Lipinski definition) is 3. The maximum Gasteiger partial charge on any atom is 0.201 e. The molecule has 0 N–H and O–H groups in total. The van der Waals surface area contributed by atoms with Crippen LogP contribution in [0, 0.1) is 23.0 Å². The molecule has 0 saturated carbocycles. The summed E-state index contributed by atoms with van der Waals surface area (Å²) in [5, 5.41) is 9.22. The maximum atomic E-state index is 13.6. The zero-order valence-electron chi connectivity index (χ0n) is 10.7. The van der Waals surface area contributed by atoms with Gasteiger partial charge in [-0.1, -0.05) is 19.1 Å². The van der Waals surface area contributed by atoms with E-state index in [2.05, 4.69) is 0 Å². The van der Waals surface area contributed by atoms with Crippen molar-refractivity contribution in [1.82, 2.24) is 0 Å². The highest BCUT2D eigenvalue weighted by Gasteiger charge is 2.14. The maximum absolute atomic E-state index is 13.6. The summed E-state index contributed by atoms with van der Waals surface area (Å²) in [5.41, 5.74) is 0.322. The van der Waals surface area contributed by atoms with Crippen LogP contribution in [0.1, 0.15) is 12.5 Å². The molecule has 2 nitrogen and oxygen atoms in total. The van der Waals surface area contributed by atoms with E-state index in [4.69, 9.17) is 4.74 Å². The lowest BCUT2D eigenvalue weighted by molar-refractivity contribution is 0.414. The molecule has 0 atom stereocenters. The fourth-order valence-corrected chi connectivity index (χ4v) is 2.44. The molecule has 2 rings (SSSR count). The summed E-state index contributed by atoms with van der Waals surface area (Å²) in [4.78, 5) is 0.754. The number of thioether (sulfide) groups is 1. The van der Waals surface area contributed by atoms with Gasteiger partial charge in [0.1, 0.15) is 17.4 Å². The zero-order chi connectivity index (χ0) is 14.5. The van der Waals surface area contributed by atoms with Gasteiger partial charge in [-0.25, -0.2) is 4.39 Å². The van der Waals surface area contributed by atoms with E-state index in [9.17, 15) is 14.0 Å². The van der Waals surface area contributed by atoms with E-state index in [1.165, 1.54) is 23.9 Å². The molecule has 0 amide bonds. The second-order valence-electron chi connectivity index (χ2n) is 3.83. The predicted octanol–water partition coefficient (Wildman–Crippen LogP) is 4.74. The van der Waals surface area contributed by atoms with Gasteiger partial charge in [-0.3, -0.25) is 0 Å². The van der Waals surface area contributed by atoms with Crippen LogP contribution >= 0.6 is 11.8 Å². The van der Waals surface area contributed by atoms with Crippen LogP contribution in [-0.4, -0.2) is 5.75 Å². The Kier molecular flexibility index (Phi) is 4.59. The van der Waals surface area contributed by atoms with Gasteiger partial charge in [0.05, 0.1) is 0 Å². The highest BCUT2D eigenvalue weighted by Crippen LogP contribution is 2.33. The van der Waals surface area contributed by atoms with Crippen molar-refractivity contribution in [3.8, 4) is 17.6 Å². The third-order valence-electron chi connectivity index (χ3n) is 2.54. The number of halogens is 2. The van der Waals surface area contributed by atoms with Gasteiger partial charge in [0, 0.05) is 4.90 Å². The summed E-state index contributed by atoms with van der Waals surface area (Å²) in [5.74, 6) is -1.27. The summed E-state index contributed by atoms with van der Waals surface area (Å²) in [6.45, 7) is 1.96. The van der Waals surface area contributed by atoms with E-state index < -0.39 is 11.6 Å². The molecule has 0 aliphatic carbocycles. The van der Waals surface area contributed by atoms with Crippen LogP contribution in [0.5, 0.6) is 11.5 Å². The third-order valence-corrected chi connectivity index (χ3v) is 3.48. The Bertz CT molecular complexity index is 667. The van der Waals surface area contributed by atoms with Crippen molar-refractivity contribution in [2.75, 3.05) is 5.75 Å². The molecule has 20 heavy (non-hydrogen) atoms. The average Bonchev–Trinajstić information content (AvgIpc) is 2.44. The summed E-state index contributed by atoms with van der Waals surface area (Å²) < 4.78 is 32.1. The molecular weight excluding hydrogens is 280 g/mol. The molecule has 102 valence electrons. The number of nitriles is 1. The molecule has 0 bridgehead atoms. The van der Waals surface area contributed by atoms with Gasteiger partial charge in [0.15, 0.2) is 11.6 Å². The first kappa shape index (κ1) is 14.4. The van der Waals surface area contributed by atoms with Gasteiger partial charge >= 0.3 is 0 Å². The Morgan fingerprint density at radius 1 is 1.15 bits per heavy atom. The lowest BCUT2D eigenvalue weighted by Gasteiger charge is -2.10. The third kappa shape index (κ3) is 2.91. The van der Waals surface area contributed by atoms with E-state index in [-0.39, 0.29) is 11.5 Å². The molecule has 2 aromatic carbocycles. The minimum absolute atomic E-state index is 0.218. The summed E-state index contributed by atoms with van der Waals surface area (Å²) in [6.07, 6.45) is 0. The summed E-state index contributed by atoms with van der Waals surface area (Å²) in [6, 6.07) is 10.8. The number of nitrogens with zero attached hydrogens (tertiary/aromatic N) is 1. The topological polar surface area (TPSA) is 33.0 Å². The first-order chi connectivity index (χ1) is 9.67. The van der Waals surface area contributed by atoms with E-state index in [0.717, 1.165) is 16.7 Å². The normalized spacial score (nSPS) is 10.1. The minimum Gasteiger partial charge on any atom is -0.453 e. The molecule has 0 radical (unpaired) electrons. The number of ether oxygens (including phenoxy) is 1. The zero-order valence-corrected chi connectivity index (χ0v) is 11.5. The Morgan fingerprint density at radius 2 is 1.85 bits per heavy atom. The standard InChI is InChI=1S/C15H11F2NOS/c1-2-20-14-8-4-6-12(10(14)9-18)19-13-7-3-5-11(16)15(13)17/h3-8H,2H2,1H3. The van der Waals surface area contributed by atoms with E-state index in [1.54, 1.807) is 18.2 Å². The SMILES string of the molecule is CCSc1cccc(Oc2cccc(F)c2F)c1C#N. The van der Waals surface area contributed by atoms with E-state index in [1.807, 2.05) is 13.0 Å². The van der Waals surface area contributed by atoms with Gasteiger partial charge < -0.3 is 4.74 Å². The molecular formula is C15H11F2NOS. The number of benzene rings is 2. The van der Waals surface area contributed by atoms with Crippen molar-refractivity contribution in [2.24, 2.45) is 0 Å². The Labute approximate surface area is 120 Å². The quantitative estimate of drug-likeness (QED) is 0.763. The van der Waals surface area contributed by atoms with Crippen LogP contribution < -0.4 is 4.74 Å². The summed E-state index contributed by atoms with van der Waals surface area (Å²) >= 11 is 1.49. The van der Waals surface area contributed by atoms with Gasteiger partial charge in [0.25, 0.3) is 0 Å². The van der Waals surface area contributed by atoms with Crippen molar-refractivity contribution in [3.63, 3.8) is 0 Å². The lowest BCUT2D eigenvalue weighted by atomic mass is 10.2. The van der Waals surface area contributed by atoms with E-state index in [0.29, 0.717) is 5.56 Å². The first-order valence-corrected chi connectivity index (χ1v) is 6.93. The number of hydrogen-bond donors (Lipinski definition) is 0. The molecule has 2 aromatic rings. The van der Waals surface area contributed by atoms with Crippen LogP contribution in [-0.2, 0) is 0 Å². The second-order valence-corrected chi connectivity index (χ2v) is 5.13. The molecule has 0 unspecified atom stereocenters. The largest absolute Gasteiger partial charge is 0.453 e. The van der Waals surface area contributed by atoms with Crippen LogP contribution in [0.25, 0.3) is 0 Å². The molecule has 0 aliphatic rings. The molecule has 0 heterocycles. The molecule has 0 spiro atoms. The second kappa shape index (κ2) is 6.40. The van der Waals surface area contributed by atoms with Gasteiger partial charge in [0.2, 0.25) is 5.82 Å². The molecule has 0 fully saturated rings. The van der Waals surface area contributed by atoms with E-state index >= 15 is 0 Å². The highest BCUT2D eigenvalue weighted by atomic mass is 32.2. The Balaban J connectivity index is 2.41. The fourth-order valence-electron chi connectivity index (χ4n) is 1.66. The van der Waals surface area contributed by atoms with Crippen molar-refractivity contribution < 1.29 is 13.5 Å². The van der Waals surface area contributed by atoms with Crippen LogP contribution in [0.4, 0.5) is 8.78 Å². The van der Waals surface area contributed by atoms with Crippen LogP contribution in [0.2, 0.25) is 0 Å². The molecule has 0 aromatic heterocycles. The highest BCUT2D eigenvalue weighted by molar-refractivity contribution is 7.99. The number of rotatable bonds is 4. The van der Waals surface area contributed by atoms with Crippen molar-refractivity contribution in [3.05, 3.63) is 53.6 Å². The molecule has 5 heteroatoms. The lowest BCUT2D eigenvalue weighted by Crippen LogP contribution is -1.94. The summed E-state index contributed by atoms with van der Waals surface area (Å²) in [7, 11) is 0. The van der Waals surface area contributed by atoms with Gasteiger partial charge in [-0.2, -0.15) is 9.65 Å². The van der Waals surface area contributed by atoms with Crippen molar-refractivity contribution in [1.29, 1.82) is 5.26 Å². The van der Waals surface area contributed by atoms with Crippen LogP contribution in [0.3, 0.4) is 0 Å². The Morgan fingerprint density at radius 3 is 2.55 bits per heavy atom. The van der Waals surface area contributed by atoms with Gasteiger partial charge in [-0.15, -0.1) is 11.8 Å². The van der Waals surface area contributed by atoms with Gasteiger partial charge in [-0.05, 0) is 30.0 Å². The molecule has 0 saturated heterocycles. The fraction of sp³-hybridized carbons (Fsp3) is 0.133. The monoisotopic (exact) mass is 291 g/mol. The average molecular weight is 291 g/mol. The van der Waals surface area contributed by atoms with Crippen LogP contribution in [0.15, 0.2) is 41.3 Å². The smallest absolute Gasteiger partial charge is 0.201 e. The molecule has 0 aliphatic heterocycles. The van der Waals surface area contributed by atoms with Crippen molar-refractivity contribution >= 4 is 11.8 Å². The first-order valence-electron chi connectivity index (χ1n) is 5.95. The predicted molar refractivity (Wildman–Crippen MR) is 74.0 cm³/mol.